The summed E-state index contributed by atoms with van der Waals surface area (Å²) in [6, 6.07) is 7.90. The third-order valence-corrected chi connectivity index (χ3v) is 6.11. The molecule has 0 unspecified atom stereocenters. The summed E-state index contributed by atoms with van der Waals surface area (Å²) in [7, 11) is 1.76. The molecule has 0 bridgehead atoms. The molecule has 7 heteroatoms. The Morgan fingerprint density at radius 3 is 2.60 bits per heavy atom. The summed E-state index contributed by atoms with van der Waals surface area (Å²) in [4.78, 5) is 27.5. The maximum absolute atomic E-state index is 12.9. The van der Waals surface area contributed by atoms with Crippen LogP contribution in [-0.2, 0) is 6.54 Å². The summed E-state index contributed by atoms with van der Waals surface area (Å²) in [5.41, 5.74) is 0.935. The van der Waals surface area contributed by atoms with Crippen LogP contribution in [0.15, 0.2) is 42.9 Å². The molecule has 1 aromatic heterocycles. The van der Waals surface area contributed by atoms with Gasteiger partial charge in [-0.1, -0.05) is 12.1 Å². The number of likely N-dealkylation sites (N-methyl/N-ethyl adjacent to an activating group) is 1. The van der Waals surface area contributed by atoms with Crippen LogP contribution in [0.3, 0.4) is 0 Å². The van der Waals surface area contributed by atoms with Gasteiger partial charge in [0, 0.05) is 44.6 Å². The van der Waals surface area contributed by atoms with Crippen molar-refractivity contribution in [2.45, 2.75) is 37.8 Å². The Hall–Kier alpha value is -2.51. The van der Waals surface area contributed by atoms with Gasteiger partial charge < -0.3 is 14.9 Å². The highest BCUT2D eigenvalue weighted by Gasteiger charge is 2.36. The Bertz CT molecular complexity index is 838. The second-order valence-corrected chi connectivity index (χ2v) is 8.65. The van der Waals surface area contributed by atoms with Crippen molar-refractivity contribution in [3.63, 3.8) is 0 Å². The molecule has 7 nitrogen and oxygen atoms in total. The SMILES string of the molecule is CN(C[C@@]1(O)CCCN(c2cnccn2)C1)C(=O)c1ccc(CN2CCCC2)cc1. The number of hydrogen-bond donors (Lipinski definition) is 1. The summed E-state index contributed by atoms with van der Waals surface area (Å²) in [5.74, 6) is 0.700. The van der Waals surface area contributed by atoms with Gasteiger partial charge in [0.15, 0.2) is 0 Å². The van der Waals surface area contributed by atoms with E-state index in [9.17, 15) is 9.90 Å². The van der Waals surface area contributed by atoms with Crippen LogP contribution < -0.4 is 4.90 Å². The van der Waals surface area contributed by atoms with E-state index in [0.29, 0.717) is 18.5 Å². The highest BCUT2D eigenvalue weighted by atomic mass is 16.3. The monoisotopic (exact) mass is 409 g/mol. The van der Waals surface area contributed by atoms with E-state index in [-0.39, 0.29) is 12.5 Å². The van der Waals surface area contributed by atoms with Crippen molar-refractivity contribution >= 4 is 11.7 Å². The first-order valence-corrected chi connectivity index (χ1v) is 10.8. The van der Waals surface area contributed by atoms with Gasteiger partial charge in [-0.2, -0.15) is 0 Å². The molecule has 1 atom stereocenters. The average molecular weight is 410 g/mol. The molecule has 1 N–H and O–H groups in total. The maximum atomic E-state index is 12.9. The van der Waals surface area contributed by atoms with Gasteiger partial charge in [-0.05, 0) is 56.5 Å². The molecule has 4 rings (SSSR count). The fourth-order valence-corrected chi connectivity index (χ4v) is 4.58. The highest BCUT2D eigenvalue weighted by molar-refractivity contribution is 5.94. The molecule has 2 aliphatic heterocycles. The van der Waals surface area contributed by atoms with Gasteiger partial charge >= 0.3 is 0 Å². The predicted molar refractivity (Wildman–Crippen MR) is 116 cm³/mol. The van der Waals surface area contributed by atoms with Crippen molar-refractivity contribution in [1.82, 2.24) is 19.8 Å². The number of anilines is 1. The minimum atomic E-state index is -0.962. The van der Waals surface area contributed by atoms with Crippen LogP contribution in [0.5, 0.6) is 0 Å². The molecule has 0 aliphatic carbocycles. The second kappa shape index (κ2) is 9.10. The molecule has 0 radical (unpaired) electrons. The molecule has 3 heterocycles. The normalized spacial score (nSPS) is 22.3. The van der Waals surface area contributed by atoms with Gasteiger partial charge in [-0.3, -0.25) is 14.7 Å². The predicted octanol–water partition coefficient (Wildman–Crippen LogP) is 2.18. The summed E-state index contributed by atoms with van der Waals surface area (Å²) < 4.78 is 0. The van der Waals surface area contributed by atoms with Gasteiger partial charge in [0.2, 0.25) is 0 Å². The largest absolute Gasteiger partial charge is 0.386 e. The van der Waals surface area contributed by atoms with E-state index in [4.69, 9.17) is 0 Å². The highest BCUT2D eigenvalue weighted by Crippen LogP contribution is 2.25. The van der Waals surface area contributed by atoms with Crippen molar-refractivity contribution in [3.05, 3.63) is 54.0 Å². The van der Waals surface area contributed by atoms with Crippen LogP contribution in [-0.4, -0.2) is 76.2 Å². The minimum absolute atomic E-state index is 0.0622. The Kier molecular flexibility index (Phi) is 6.29. The van der Waals surface area contributed by atoms with Gasteiger partial charge in [0.05, 0.1) is 18.3 Å². The van der Waals surface area contributed by atoms with Gasteiger partial charge in [0.1, 0.15) is 5.82 Å². The zero-order valence-corrected chi connectivity index (χ0v) is 17.7. The number of carbonyl (C=O) groups is 1. The Balaban J connectivity index is 1.36. The maximum Gasteiger partial charge on any atom is 0.253 e. The first-order valence-electron chi connectivity index (χ1n) is 10.8. The van der Waals surface area contributed by atoms with Gasteiger partial charge in [0.25, 0.3) is 5.91 Å². The van der Waals surface area contributed by atoms with Crippen LogP contribution in [0, 0.1) is 0 Å². The number of β-amino-alcohol motifs (C(OH)–C–C–N with tert-alkyl or cyclic N) is 1. The fraction of sp³-hybridized carbons (Fsp3) is 0.522. The number of hydrogen-bond acceptors (Lipinski definition) is 6. The number of piperidine rings is 1. The zero-order valence-electron chi connectivity index (χ0n) is 17.7. The Morgan fingerprint density at radius 2 is 1.90 bits per heavy atom. The van der Waals surface area contributed by atoms with E-state index in [2.05, 4.69) is 14.9 Å². The van der Waals surface area contributed by atoms with Crippen LogP contribution in [0.4, 0.5) is 5.82 Å². The van der Waals surface area contributed by atoms with E-state index in [1.54, 1.807) is 30.5 Å². The van der Waals surface area contributed by atoms with Crippen molar-refractivity contribution < 1.29 is 9.90 Å². The van der Waals surface area contributed by atoms with Crippen molar-refractivity contribution in [3.8, 4) is 0 Å². The van der Waals surface area contributed by atoms with Crippen LogP contribution >= 0.6 is 0 Å². The first kappa shape index (κ1) is 20.8. The Morgan fingerprint density at radius 1 is 1.13 bits per heavy atom. The molecule has 2 fully saturated rings. The number of nitrogens with zero attached hydrogens (tertiary/aromatic N) is 5. The van der Waals surface area contributed by atoms with Crippen LogP contribution in [0.25, 0.3) is 0 Å². The second-order valence-electron chi connectivity index (χ2n) is 8.65. The smallest absolute Gasteiger partial charge is 0.253 e. The summed E-state index contributed by atoms with van der Waals surface area (Å²) >= 11 is 0. The lowest BCUT2D eigenvalue weighted by Gasteiger charge is -2.41. The lowest BCUT2D eigenvalue weighted by Crippen LogP contribution is -2.54. The number of aliphatic hydroxyl groups is 1. The molecule has 2 aromatic rings. The summed E-state index contributed by atoms with van der Waals surface area (Å²) in [5, 5.41) is 11.2. The molecule has 2 aliphatic rings. The van der Waals surface area contributed by atoms with E-state index >= 15 is 0 Å². The number of aromatic nitrogens is 2. The van der Waals surface area contributed by atoms with Crippen LogP contribution in [0.1, 0.15) is 41.6 Å². The van der Waals surface area contributed by atoms with Gasteiger partial charge in [-0.15, -0.1) is 0 Å². The number of rotatable bonds is 6. The topological polar surface area (TPSA) is 72.8 Å². The number of likely N-dealkylation sites (tertiary alicyclic amines) is 1. The van der Waals surface area contributed by atoms with E-state index in [0.717, 1.165) is 38.4 Å². The standard InChI is InChI=1S/C23H31N5O2/c1-26(17-23(30)9-4-14-28(18-23)21-15-24-10-11-25-21)22(29)20-7-5-19(6-8-20)16-27-12-2-3-13-27/h5-8,10-11,15,30H,2-4,9,12-14,16-18H2,1H3/t23-/m0/s1. The number of benzene rings is 1. The molecule has 0 spiro atoms. The number of carbonyl (C=O) groups excluding carboxylic acids is 1. The molecular formula is C23H31N5O2. The van der Waals surface area contributed by atoms with Crippen molar-refractivity contribution in [2.75, 3.05) is 44.7 Å². The number of amides is 1. The van der Waals surface area contributed by atoms with Gasteiger partial charge in [-0.25, -0.2) is 4.98 Å². The quantitative estimate of drug-likeness (QED) is 0.788. The van der Waals surface area contributed by atoms with Crippen molar-refractivity contribution in [2.24, 2.45) is 0 Å². The molecule has 1 amide bonds. The average Bonchev–Trinajstić information content (AvgIpc) is 3.27. The first-order chi connectivity index (χ1) is 14.5. The van der Waals surface area contributed by atoms with Crippen LogP contribution in [0.2, 0.25) is 0 Å². The van der Waals surface area contributed by atoms with E-state index in [1.165, 1.54) is 18.4 Å². The van der Waals surface area contributed by atoms with E-state index in [1.807, 2.05) is 29.2 Å². The lowest BCUT2D eigenvalue weighted by molar-refractivity contribution is -0.000145. The lowest BCUT2D eigenvalue weighted by atomic mass is 9.92. The Labute approximate surface area is 178 Å². The molecular weight excluding hydrogens is 378 g/mol. The summed E-state index contributed by atoms with van der Waals surface area (Å²) in [6.07, 6.45) is 9.08. The molecule has 2 saturated heterocycles. The minimum Gasteiger partial charge on any atom is -0.386 e. The van der Waals surface area contributed by atoms with Crippen molar-refractivity contribution in [1.29, 1.82) is 0 Å². The van der Waals surface area contributed by atoms with E-state index < -0.39 is 5.60 Å². The zero-order chi connectivity index (χ0) is 21.0. The third kappa shape index (κ3) is 4.96. The summed E-state index contributed by atoms with van der Waals surface area (Å²) in [6.45, 7) is 4.83. The molecule has 160 valence electrons. The molecule has 30 heavy (non-hydrogen) atoms. The third-order valence-electron chi connectivity index (χ3n) is 6.11. The fourth-order valence-electron chi connectivity index (χ4n) is 4.58. The molecule has 1 aromatic carbocycles. The molecule has 0 saturated carbocycles.